The van der Waals surface area contributed by atoms with Crippen molar-refractivity contribution in [2.45, 2.75) is 63.6 Å². The minimum Gasteiger partial charge on any atom is -0.335 e. The van der Waals surface area contributed by atoms with E-state index in [1.165, 1.54) is 12.8 Å². The molecule has 1 saturated carbocycles. The molecule has 0 spiro atoms. The molecule has 144 valence electrons. The average molecular weight is 354 g/mol. The summed E-state index contributed by atoms with van der Waals surface area (Å²) in [6.07, 6.45) is 5.60. The fraction of sp³-hybridized carbons (Fsp3) is 0.941. The number of hydrogen-bond acceptors (Lipinski definition) is 6. The Morgan fingerprint density at radius 3 is 2.84 bits per heavy atom. The third-order valence-corrected chi connectivity index (χ3v) is 5.79. The molecule has 3 rings (SSSR count). The SMILES string of the molecule is CC1CC(NCCN)NC(NC(=O)NC2CCC3CCNCC3C2)N1. The van der Waals surface area contributed by atoms with Gasteiger partial charge in [0.2, 0.25) is 0 Å². The summed E-state index contributed by atoms with van der Waals surface area (Å²) in [6.45, 7) is 5.75. The number of fused-ring (bicyclic) bond motifs is 1. The van der Waals surface area contributed by atoms with E-state index in [4.69, 9.17) is 5.73 Å². The normalized spacial score (nSPS) is 38.6. The minimum absolute atomic E-state index is 0.0936. The highest BCUT2D eigenvalue weighted by atomic mass is 16.2. The summed E-state index contributed by atoms with van der Waals surface area (Å²) in [5.74, 6) is 1.56. The second-order valence-corrected chi connectivity index (χ2v) is 7.84. The number of urea groups is 1. The van der Waals surface area contributed by atoms with E-state index in [0.29, 0.717) is 18.5 Å². The molecule has 8 N–H and O–H groups in total. The first-order chi connectivity index (χ1) is 12.1. The lowest BCUT2D eigenvalue weighted by Crippen LogP contribution is -2.68. The predicted octanol–water partition coefficient (Wildman–Crippen LogP) is -0.807. The van der Waals surface area contributed by atoms with Crippen LogP contribution in [-0.2, 0) is 0 Å². The van der Waals surface area contributed by atoms with Crippen LogP contribution in [0, 0.1) is 11.8 Å². The topological polar surface area (TPSA) is 115 Å². The Morgan fingerprint density at radius 1 is 1.12 bits per heavy atom. The van der Waals surface area contributed by atoms with Crippen LogP contribution in [0.15, 0.2) is 0 Å². The van der Waals surface area contributed by atoms with Gasteiger partial charge in [-0.1, -0.05) is 0 Å². The van der Waals surface area contributed by atoms with Gasteiger partial charge in [0.15, 0.2) is 0 Å². The Morgan fingerprint density at radius 2 is 2.00 bits per heavy atom. The number of hydrogen-bond donors (Lipinski definition) is 7. The van der Waals surface area contributed by atoms with Crippen molar-refractivity contribution in [3.63, 3.8) is 0 Å². The highest BCUT2D eigenvalue weighted by Gasteiger charge is 2.33. The molecule has 0 aromatic heterocycles. The van der Waals surface area contributed by atoms with E-state index < -0.39 is 0 Å². The molecule has 2 aliphatic heterocycles. The number of nitrogens with two attached hydrogens (primary N) is 1. The Bertz CT molecular complexity index is 435. The number of carbonyl (C=O) groups excluding carboxylic acids is 1. The van der Waals surface area contributed by atoms with Crippen LogP contribution in [-0.4, -0.2) is 56.7 Å². The number of amides is 2. The molecule has 3 fully saturated rings. The maximum Gasteiger partial charge on any atom is 0.317 e. The largest absolute Gasteiger partial charge is 0.335 e. The molecule has 0 aromatic rings. The van der Waals surface area contributed by atoms with E-state index in [0.717, 1.165) is 44.8 Å². The molecule has 3 aliphatic rings. The Balaban J connectivity index is 1.42. The molecular weight excluding hydrogens is 318 g/mol. The van der Waals surface area contributed by atoms with Crippen molar-refractivity contribution in [3.05, 3.63) is 0 Å². The first-order valence-electron chi connectivity index (χ1n) is 9.87. The van der Waals surface area contributed by atoms with Crippen molar-refractivity contribution >= 4 is 6.03 Å². The van der Waals surface area contributed by atoms with E-state index in [9.17, 15) is 4.79 Å². The molecule has 2 heterocycles. The van der Waals surface area contributed by atoms with Crippen molar-refractivity contribution < 1.29 is 4.79 Å². The summed E-state index contributed by atoms with van der Waals surface area (Å²) in [6, 6.07) is 0.516. The fourth-order valence-electron chi connectivity index (χ4n) is 4.53. The van der Waals surface area contributed by atoms with E-state index in [1.54, 1.807) is 0 Å². The van der Waals surface area contributed by atoms with Gasteiger partial charge in [-0.05, 0) is 64.0 Å². The van der Waals surface area contributed by atoms with Crippen LogP contribution in [0.1, 0.15) is 39.0 Å². The van der Waals surface area contributed by atoms with Gasteiger partial charge in [-0.25, -0.2) is 4.79 Å². The first-order valence-corrected chi connectivity index (χ1v) is 9.87. The zero-order chi connectivity index (χ0) is 17.6. The quantitative estimate of drug-likeness (QED) is 0.348. The van der Waals surface area contributed by atoms with Gasteiger partial charge in [-0.3, -0.25) is 10.6 Å². The summed E-state index contributed by atoms with van der Waals surface area (Å²) in [5, 5.41) is 19.8. The van der Waals surface area contributed by atoms with Crippen molar-refractivity contribution in [2.24, 2.45) is 17.6 Å². The van der Waals surface area contributed by atoms with Gasteiger partial charge in [0.1, 0.15) is 6.29 Å². The van der Waals surface area contributed by atoms with Crippen LogP contribution in [0.3, 0.4) is 0 Å². The van der Waals surface area contributed by atoms with Crippen molar-refractivity contribution in [1.29, 1.82) is 0 Å². The smallest absolute Gasteiger partial charge is 0.317 e. The fourth-order valence-corrected chi connectivity index (χ4v) is 4.53. The van der Waals surface area contributed by atoms with Crippen molar-refractivity contribution in [3.8, 4) is 0 Å². The van der Waals surface area contributed by atoms with Crippen LogP contribution in [0.25, 0.3) is 0 Å². The zero-order valence-electron chi connectivity index (χ0n) is 15.3. The predicted molar refractivity (Wildman–Crippen MR) is 98.8 cm³/mol. The second-order valence-electron chi connectivity index (χ2n) is 7.84. The lowest BCUT2D eigenvalue weighted by molar-refractivity contribution is 0.151. The lowest BCUT2D eigenvalue weighted by Gasteiger charge is -2.40. The molecule has 2 amide bonds. The highest BCUT2D eigenvalue weighted by molar-refractivity contribution is 5.74. The van der Waals surface area contributed by atoms with Crippen LogP contribution in [0.4, 0.5) is 4.79 Å². The summed E-state index contributed by atoms with van der Waals surface area (Å²) >= 11 is 0. The van der Waals surface area contributed by atoms with E-state index in [-0.39, 0.29) is 24.5 Å². The molecule has 0 aromatic carbocycles. The molecule has 8 nitrogen and oxygen atoms in total. The summed E-state index contributed by atoms with van der Waals surface area (Å²) in [5.41, 5.74) is 5.56. The minimum atomic E-state index is -0.230. The summed E-state index contributed by atoms with van der Waals surface area (Å²) in [7, 11) is 0. The Labute approximate surface area is 150 Å². The van der Waals surface area contributed by atoms with Gasteiger partial charge < -0.3 is 27.0 Å². The van der Waals surface area contributed by atoms with Crippen LogP contribution in [0.2, 0.25) is 0 Å². The molecule has 2 saturated heterocycles. The third kappa shape index (κ3) is 5.52. The first kappa shape index (κ1) is 18.8. The second kappa shape index (κ2) is 9.14. The Kier molecular flexibility index (Phi) is 6.89. The highest BCUT2D eigenvalue weighted by Crippen LogP contribution is 2.33. The van der Waals surface area contributed by atoms with E-state index in [1.807, 2.05) is 0 Å². The standard InChI is InChI=1S/C17H35N7O/c1-11-8-15(20-7-5-18)23-16(21-11)24-17(25)22-14-3-2-12-4-6-19-10-13(12)9-14/h11-16,19-21,23H,2-10,18H2,1H3,(H2,22,24,25). The monoisotopic (exact) mass is 353 g/mol. The summed E-state index contributed by atoms with van der Waals surface area (Å²) < 4.78 is 0. The van der Waals surface area contributed by atoms with Gasteiger partial charge in [-0.2, -0.15) is 0 Å². The molecule has 25 heavy (non-hydrogen) atoms. The Hall–Kier alpha value is -0.930. The van der Waals surface area contributed by atoms with Gasteiger partial charge in [0, 0.05) is 25.2 Å². The van der Waals surface area contributed by atoms with Crippen LogP contribution in [0.5, 0.6) is 0 Å². The maximum absolute atomic E-state index is 12.4. The lowest BCUT2D eigenvalue weighted by atomic mass is 9.74. The number of rotatable bonds is 5. The van der Waals surface area contributed by atoms with Gasteiger partial charge >= 0.3 is 6.03 Å². The van der Waals surface area contributed by atoms with Gasteiger partial charge in [-0.15, -0.1) is 0 Å². The average Bonchev–Trinajstić information content (AvgIpc) is 2.59. The molecule has 8 heteroatoms. The van der Waals surface area contributed by atoms with E-state index >= 15 is 0 Å². The maximum atomic E-state index is 12.4. The third-order valence-electron chi connectivity index (χ3n) is 5.79. The van der Waals surface area contributed by atoms with Crippen LogP contribution < -0.4 is 37.6 Å². The van der Waals surface area contributed by atoms with Crippen molar-refractivity contribution in [1.82, 2.24) is 31.9 Å². The molecular formula is C17H35N7O. The molecule has 6 unspecified atom stereocenters. The number of piperidine rings is 1. The van der Waals surface area contributed by atoms with Gasteiger partial charge in [0.05, 0.1) is 6.17 Å². The molecule has 0 bridgehead atoms. The van der Waals surface area contributed by atoms with Crippen molar-refractivity contribution in [2.75, 3.05) is 26.2 Å². The number of nitrogens with one attached hydrogen (secondary N) is 6. The number of carbonyl (C=O) groups is 1. The zero-order valence-corrected chi connectivity index (χ0v) is 15.3. The van der Waals surface area contributed by atoms with E-state index in [2.05, 4.69) is 38.8 Å². The molecule has 6 atom stereocenters. The van der Waals surface area contributed by atoms with Crippen LogP contribution >= 0.6 is 0 Å². The molecule has 1 aliphatic carbocycles. The van der Waals surface area contributed by atoms with Gasteiger partial charge in [0.25, 0.3) is 0 Å². The summed E-state index contributed by atoms with van der Waals surface area (Å²) in [4.78, 5) is 12.4. The molecule has 0 radical (unpaired) electrons.